The van der Waals surface area contributed by atoms with E-state index in [9.17, 15) is 0 Å². The van der Waals surface area contributed by atoms with E-state index >= 15 is 0 Å². The molecule has 1 aromatic carbocycles. The van der Waals surface area contributed by atoms with Crippen LogP contribution < -0.4 is 5.32 Å². The van der Waals surface area contributed by atoms with E-state index in [1.807, 2.05) is 18.2 Å². The highest BCUT2D eigenvalue weighted by molar-refractivity contribution is 5.85. The molecule has 2 aromatic rings. The Morgan fingerprint density at radius 2 is 1.86 bits per heavy atom. The second kappa shape index (κ2) is 7.72. The third-order valence-corrected chi connectivity index (χ3v) is 3.71. The molecule has 1 aliphatic rings. The number of piperazine rings is 1. The van der Waals surface area contributed by atoms with E-state index in [0.717, 1.165) is 31.9 Å². The van der Waals surface area contributed by atoms with Gasteiger partial charge in [0.05, 0.1) is 6.54 Å². The number of rotatable bonds is 4. The SMILES string of the molecule is CC1CN(Cc2nc(Cc3ccccc3)no2)CC(C)N1.Cl. The molecule has 1 saturated heterocycles. The smallest absolute Gasteiger partial charge is 0.240 e. The zero-order chi connectivity index (χ0) is 14.7. The van der Waals surface area contributed by atoms with Crippen LogP contribution in [0.4, 0.5) is 0 Å². The van der Waals surface area contributed by atoms with Gasteiger partial charge in [0.2, 0.25) is 5.89 Å². The molecule has 1 aromatic heterocycles. The summed E-state index contributed by atoms with van der Waals surface area (Å²) >= 11 is 0. The summed E-state index contributed by atoms with van der Waals surface area (Å²) < 4.78 is 5.39. The first-order chi connectivity index (χ1) is 10.2. The predicted octanol–water partition coefficient (Wildman–Crippen LogP) is 2.26. The molecule has 0 amide bonds. The maximum Gasteiger partial charge on any atom is 0.240 e. The first kappa shape index (κ1) is 16.9. The largest absolute Gasteiger partial charge is 0.338 e. The topological polar surface area (TPSA) is 54.2 Å². The zero-order valence-electron chi connectivity index (χ0n) is 13.0. The van der Waals surface area contributed by atoms with E-state index in [0.29, 0.717) is 18.0 Å². The van der Waals surface area contributed by atoms with Crippen molar-refractivity contribution in [3.8, 4) is 0 Å². The van der Waals surface area contributed by atoms with E-state index in [1.54, 1.807) is 0 Å². The van der Waals surface area contributed by atoms with Crippen LogP contribution >= 0.6 is 12.4 Å². The highest BCUT2D eigenvalue weighted by atomic mass is 35.5. The lowest BCUT2D eigenvalue weighted by molar-refractivity contribution is 0.149. The molecule has 2 atom stereocenters. The highest BCUT2D eigenvalue weighted by Crippen LogP contribution is 2.11. The number of nitrogens with zero attached hydrogens (tertiary/aromatic N) is 3. The van der Waals surface area contributed by atoms with Crippen molar-refractivity contribution in [1.29, 1.82) is 0 Å². The Labute approximate surface area is 137 Å². The average Bonchev–Trinajstić information content (AvgIpc) is 2.86. The Morgan fingerprint density at radius 3 is 2.55 bits per heavy atom. The number of hydrogen-bond acceptors (Lipinski definition) is 5. The minimum absolute atomic E-state index is 0. The Bertz CT molecular complexity index is 565. The minimum Gasteiger partial charge on any atom is -0.338 e. The van der Waals surface area contributed by atoms with Crippen molar-refractivity contribution in [2.24, 2.45) is 0 Å². The van der Waals surface area contributed by atoms with Gasteiger partial charge in [-0.15, -0.1) is 12.4 Å². The number of benzene rings is 1. The van der Waals surface area contributed by atoms with Gasteiger partial charge in [0.1, 0.15) is 0 Å². The number of aromatic nitrogens is 2. The predicted molar refractivity (Wildman–Crippen MR) is 88.1 cm³/mol. The fourth-order valence-electron chi connectivity index (χ4n) is 2.97. The lowest BCUT2D eigenvalue weighted by Crippen LogP contribution is -2.53. The molecule has 120 valence electrons. The number of hydrogen-bond donors (Lipinski definition) is 1. The molecule has 3 rings (SSSR count). The molecule has 1 fully saturated rings. The molecule has 0 saturated carbocycles. The molecular weight excluding hydrogens is 300 g/mol. The zero-order valence-corrected chi connectivity index (χ0v) is 13.8. The maximum absolute atomic E-state index is 5.39. The summed E-state index contributed by atoms with van der Waals surface area (Å²) in [6.45, 7) is 7.17. The monoisotopic (exact) mass is 322 g/mol. The first-order valence-corrected chi connectivity index (χ1v) is 7.53. The minimum atomic E-state index is 0. The summed E-state index contributed by atoms with van der Waals surface area (Å²) in [5.74, 6) is 1.47. The lowest BCUT2D eigenvalue weighted by atomic mass is 10.1. The van der Waals surface area contributed by atoms with Crippen LogP contribution in [0.15, 0.2) is 34.9 Å². The molecular formula is C16H23ClN4O. The fraction of sp³-hybridized carbons (Fsp3) is 0.500. The Morgan fingerprint density at radius 1 is 1.18 bits per heavy atom. The lowest BCUT2D eigenvalue weighted by Gasteiger charge is -2.35. The van der Waals surface area contributed by atoms with Crippen molar-refractivity contribution in [3.63, 3.8) is 0 Å². The van der Waals surface area contributed by atoms with Crippen LogP contribution in [-0.4, -0.2) is 40.2 Å². The van der Waals surface area contributed by atoms with Gasteiger partial charge in [-0.1, -0.05) is 35.5 Å². The quantitative estimate of drug-likeness (QED) is 0.935. The summed E-state index contributed by atoms with van der Waals surface area (Å²) in [6, 6.07) is 11.2. The van der Waals surface area contributed by atoms with E-state index in [-0.39, 0.29) is 12.4 Å². The van der Waals surface area contributed by atoms with Crippen LogP contribution in [0.2, 0.25) is 0 Å². The Kier molecular flexibility index (Phi) is 5.94. The molecule has 0 bridgehead atoms. The number of nitrogens with one attached hydrogen (secondary N) is 1. The van der Waals surface area contributed by atoms with Gasteiger partial charge in [0, 0.05) is 31.6 Å². The van der Waals surface area contributed by atoms with Gasteiger partial charge >= 0.3 is 0 Å². The van der Waals surface area contributed by atoms with Gasteiger partial charge < -0.3 is 9.84 Å². The molecule has 22 heavy (non-hydrogen) atoms. The van der Waals surface area contributed by atoms with Crippen LogP contribution in [0, 0.1) is 0 Å². The normalized spacial score (nSPS) is 22.3. The van der Waals surface area contributed by atoms with Crippen LogP contribution in [0.25, 0.3) is 0 Å². The van der Waals surface area contributed by atoms with Gasteiger partial charge in [-0.05, 0) is 19.4 Å². The first-order valence-electron chi connectivity index (χ1n) is 7.53. The molecule has 0 radical (unpaired) electrons. The molecule has 2 heterocycles. The van der Waals surface area contributed by atoms with Gasteiger partial charge in [0.25, 0.3) is 0 Å². The van der Waals surface area contributed by atoms with E-state index in [2.05, 4.69) is 46.3 Å². The molecule has 5 nitrogen and oxygen atoms in total. The molecule has 1 aliphatic heterocycles. The van der Waals surface area contributed by atoms with Crippen LogP contribution in [0.1, 0.15) is 31.1 Å². The summed E-state index contributed by atoms with van der Waals surface area (Å²) in [4.78, 5) is 6.88. The summed E-state index contributed by atoms with van der Waals surface area (Å²) in [6.07, 6.45) is 0.721. The van der Waals surface area contributed by atoms with Crippen molar-refractivity contribution in [3.05, 3.63) is 47.6 Å². The molecule has 1 N–H and O–H groups in total. The fourth-order valence-corrected chi connectivity index (χ4v) is 2.97. The second-order valence-electron chi connectivity index (χ2n) is 5.93. The maximum atomic E-state index is 5.39. The highest BCUT2D eigenvalue weighted by Gasteiger charge is 2.22. The van der Waals surface area contributed by atoms with E-state index in [4.69, 9.17) is 4.52 Å². The van der Waals surface area contributed by atoms with E-state index in [1.165, 1.54) is 5.56 Å². The van der Waals surface area contributed by atoms with Gasteiger partial charge in [-0.25, -0.2) is 0 Å². The Balaban J connectivity index is 0.00000176. The average molecular weight is 323 g/mol. The summed E-state index contributed by atoms with van der Waals surface area (Å²) in [5.41, 5.74) is 1.20. The van der Waals surface area contributed by atoms with Crippen molar-refractivity contribution < 1.29 is 4.52 Å². The van der Waals surface area contributed by atoms with Crippen molar-refractivity contribution in [1.82, 2.24) is 20.4 Å². The molecule has 2 unspecified atom stereocenters. The Hall–Kier alpha value is -1.43. The van der Waals surface area contributed by atoms with Crippen LogP contribution in [0.3, 0.4) is 0 Å². The summed E-state index contributed by atoms with van der Waals surface area (Å²) in [7, 11) is 0. The second-order valence-corrected chi connectivity index (χ2v) is 5.93. The number of halogens is 1. The van der Waals surface area contributed by atoms with Crippen molar-refractivity contribution in [2.45, 2.75) is 38.9 Å². The van der Waals surface area contributed by atoms with Crippen molar-refractivity contribution >= 4 is 12.4 Å². The third kappa shape index (κ3) is 4.53. The molecule has 6 heteroatoms. The van der Waals surface area contributed by atoms with Crippen LogP contribution in [-0.2, 0) is 13.0 Å². The van der Waals surface area contributed by atoms with Crippen molar-refractivity contribution in [2.75, 3.05) is 13.1 Å². The standard InChI is InChI=1S/C16H22N4O.ClH/c1-12-9-20(10-13(2)17-12)11-16-18-15(19-21-16)8-14-6-4-3-5-7-14;/h3-7,12-13,17H,8-11H2,1-2H3;1H. The summed E-state index contributed by atoms with van der Waals surface area (Å²) in [5, 5.41) is 7.61. The van der Waals surface area contributed by atoms with Crippen LogP contribution in [0.5, 0.6) is 0 Å². The van der Waals surface area contributed by atoms with Gasteiger partial charge in [-0.3, -0.25) is 4.90 Å². The van der Waals surface area contributed by atoms with E-state index < -0.39 is 0 Å². The van der Waals surface area contributed by atoms with Gasteiger partial charge in [-0.2, -0.15) is 4.98 Å². The van der Waals surface area contributed by atoms with Gasteiger partial charge in [0.15, 0.2) is 5.82 Å². The molecule has 0 aliphatic carbocycles. The third-order valence-electron chi connectivity index (χ3n) is 3.71. The molecule has 0 spiro atoms.